The minimum absolute atomic E-state index is 0. The van der Waals surface area contributed by atoms with Crippen LogP contribution in [0.4, 0.5) is 0 Å². The molecular formula is C12H19ClN4O3. The monoisotopic (exact) mass is 302 g/mol. The smallest absolute Gasteiger partial charge is 0.328 e. The average Bonchev–Trinajstić information content (AvgIpc) is 2.39. The van der Waals surface area contributed by atoms with Crippen LogP contribution in [0.1, 0.15) is 30.1 Å². The summed E-state index contributed by atoms with van der Waals surface area (Å²) in [5.74, 6) is -0.447. The summed E-state index contributed by atoms with van der Waals surface area (Å²) in [6, 6.07) is 0.169. The third-order valence-corrected chi connectivity index (χ3v) is 3.50. The van der Waals surface area contributed by atoms with Crippen molar-refractivity contribution in [2.24, 2.45) is 7.05 Å². The normalized spacial score (nSPS) is 21.9. The first-order chi connectivity index (χ1) is 9.00. The molecule has 1 aromatic rings. The van der Waals surface area contributed by atoms with E-state index in [4.69, 9.17) is 0 Å². The highest BCUT2D eigenvalue weighted by Gasteiger charge is 2.24. The molecule has 0 radical (unpaired) electrons. The molecule has 3 N–H and O–H groups in total. The molecule has 7 nitrogen and oxygen atoms in total. The van der Waals surface area contributed by atoms with Gasteiger partial charge in [-0.3, -0.25) is 14.2 Å². The van der Waals surface area contributed by atoms with E-state index in [1.807, 2.05) is 6.92 Å². The zero-order valence-corrected chi connectivity index (χ0v) is 12.3. The van der Waals surface area contributed by atoms with Crippen molar-refractivity contribution < 1.29 is 4.79 Å². The van der Waals surface area contributed by atoms with Crippen LogP contribution in [-0.4, -0.2) is 34.1 Å². The van der Waals surface area contributed by atoms with Crippen molar-refractivity contribution in [1.29, 1.82) is 0 Å². The van der Waals surface area contributed by atoms with Gasteiger partial charge in [-0.05, 0) is 26.3 Å². The second-order valence-electron chi connectivity index (χ2n) is 4.84. The van der Waals surface area contributed by atoms with Gasteiger partial charge in [0.15, 0.2) is 0 Å². The topological polar surface area (TPSA) is 96.0 Å². The summed E-state index contributed by atoms with van der Waals surface area (Å²) in [6.07, 6.45) is 3.03. The molecule has 0 bridgehead atoms. The van der Waals surface area contributed by atoms with Crippen LogP contribution >= 0.6 is 12.4 Å². The number of nitrogens with one attached hydrogen (secondary N) is 3. The Morgan fingerprint density at radius 1 is 1.45 bits per heavy atom. The molecule has 112 valence electrons. The molecule has 0 aliphatic carbocycles. The van der Waals surface area contributed by atoms with Crippen LogP contribution in [0, 0.1) is 0 Å². The minimum Gasteiger partial charge on any atom is -0.348 e. The lowest BCUT2D eigenvalue weighted by Gasteiger charge is -2.30. The zero-order chi connectivity index (χ0) is 14.0. The Balaban J connectivity index is 0.00000200. The maximum Gasteiger partial charge on any atom is 0.328 e. The van der Waals surface area contributed by atoms with Crippen molar-refractivity contribution in [3.8, 4) is 0 Å². The minimum atomic E-state index is -0.585. The number of H-pyrrole nitrogens is 1. The Bertz CT molecular complexity index is 595. The summed E-state index contributed by atoms with van der Waals surface area (Å²) in [6.45, 7) is 2.93. The van der Waals surface area contributed by atoms with Gasteiger partial charge in [0.25, 0.3) is 11.5 Å². The number of amides is 1. The first kappa shape index (κ1) is 16.5. The number of halogens is 1. The lowest BCUT2D eigenvalue weighted by Crippen LogP contribution is -2.53. The Morgan fingerprint density at radius 3 is 2.80 bits per heavy atom. The molecule has 2 atom stereocenters. The van der Waals surface area contributed by atoms with E-state index >= 15 is 0 Å². The zero-order valence-electron chi connectivity index (χ0n) is 11.4. The van der Waals surface area contributed by atoms with Crippen LogP contribution in [0.25, 0.3) is 0 Å². The average molecular weight is 303 g/mol. The fraction of sp³-hybridized carbons (Fsp3) is 0.583. The van der Waals surface area contributed by atoms with Crippen LogP contribution in [0.2, 0.25) is 0 Å². The van der Waals surface area contributed by atoms with Crippen LogP contribution in [0.15, 0.2) is 15.8 Å². The highest BCUT2D eigenvalue weighted by atomic mass is 35.5. The molecule has 1 saturated heterocycles. The van der Waals surface area contributed by atoms with E-state index in [1.165, 1.54) is 13.2 Å². The number of aromatic amines is 1. The second kappa shape index (κ2) is 6.71. The molecule has 0 saturated carbocycles. The van der Waals surface area contributed by atoms with Gasteiger partial charge in [0.1, 0.15) is 5.56 Å². The third kappa shape index (κ3) is 3.29. The lowest BCUT2D eigenvalue weighted by molar-refractivity contribution is 0.0917. The number of aromatic nitrogens is 2. The van der Waals surface area contributed by atoms with Crippen LogP contribution in [0.5, 0.6) is 0 Å². The van der Waals surface area contributed by atoms with Gasteiger partial charge in [-0.25, -0.2) is 4.79 Å². The first-order valence-electron chi connectivity index (χ1n) is 6.33. The predicted octanol–water partition coefficient (Wildman–Crippen LogP) is -0.634. The van der Waals surface area contributed by atoms with Crippen molar-refractivity contribution in [2.75, 3.05) is 6.54 Å². The Labute approximate surface area is 122 Å². The largest absolute Gasteiger partial charge is 0.348 e. The molecule has 1 aromatic heterocycles. The lowest BCUT2D eigenvalue weighted by atomic mass is 9.99. The number of carbonyl (C=O) groups excluding carboxylic acids is 1. The molecule has 1 aliphatic rings. The van der Waals surface area contributed by atoms with Crippen LogP contribution in [-0.2, 0) is 7.05 Å². The molecule has 8 heteroatoms. The summed E-state index contributed by atoms with van der Waals surface area (Å²) in [7, 11) is 1.34. The maximum absolute atomic E-state index is 12.1. The third-order valence-electron chi connectivity index (χ3n) is 3.50. The van der Waals surface area contributed by atoms with E-state index in [1.54, 1.807) is 0 Å². The van der Waals surface area contributed by atoms with E-state index in [9.17, 15) is 14.4 Å². The van der Waals surface area contributed by atoms with Gasteiger partial charge in [0.05, 0.1) is 0 Å². The number of hydrogen-bond acceptors (Lipinski definition) is 4. The van der Waals surface area contributed by atoms with E-state index in [0.29, 0.717) is 0 Å². The predicted molar refractivity (Wildman–Crippen MR) is 77.5 cm³/mol. The molecule has 20 heavy (non-hydrogen) atoms. The van der Waals surface area contributed by atoms with Gasteiger partial charge in [-0.1, -0.05) is 0 Å². The molecule has 2 rings (SSSR count). The Kier molecular flexibility index (Phi) is 5.52. The van der Waals surface area contributed by atoms with Crippen molar-refractivity contribution in [2.45, 2.75) is 31.8 Å². The van der Waals surface area contributed by atoms with Crippen molar-refractivity contribution >= 4 is 18.3 Å². The highest BCUT2D eigenvalue weighted by Crippen LogP contribution is 2.08. The number of piperidine rings is 1. The SMILES string of the molecule is CC1NCCCC1NC(=O)c1c[nH]c(=O)n(C)c1=O.Cl. The van der Waals surface area contributed by atoms with E-state index in [2.05, 4.69) is 15.6 Å². The number of rotatable bonds is 2. The molecule has 0 aromatic carbocycles. The molecule has 0 spiro atoms. The first-order valence-corrected chi connectivity index (χ1v) is 6.33. The number of nitrogens with zero attached hydrogens (tertiary/aromatic N) is 1. The van der Waals surface area contributed by atoms with Gasteiger partial charge >= 0.3 is 5.69 Å². The summed E-state index contributed by atoms with van der Waals surface area (Å²) in [4.78, 5) is 37.5. The molecular weight excluding hydrogens is 284 g/mol. The fourth-order valence-electron chi connectivity index (χ4n) is 2.22. The van der Waals surface area contributed by atoms with E-state index < -0.39 is 17.2 Å². The second-order valence-corrected chi connectivity index (χ2v) is 4.84. The summed E-state index contributed by atoms with van der Waals surface area (Å²) in [5, 5.41) is 6.10. The summed E-state index contributed by atoms with van der Waals surface area (Å²) < 4.78 is 0.886. The number of hydrogen-bond donors (Lipinski definition) is 3. The van der Waals surface area contributed by atoms with Crippen molar-refractivity contribution in [3.63, 3.8) is 0 Å². The summed E-state index contributed by atoms with van der Waals surface area (Å²) >= 11 is 0. The van der Waals surface area contributed by atoms with Crippen LogP contribution < -0.4 is 21.9 Å². The van der Waals surface area contributed by atoms with Gasteiger partial charge in [-0.15, -0.1) is 12.4 Å². The van der Waals surface area contributed by atoms with Gasteiger partial charge < -0.3 is 15.6 Å². The fourth-order valence-corrected chi connectivity index (χ4v) is 2.22. The number of carbonyl (C=O) groups is 1. The highest BCUT2D eigenvalue weighted by molar-refractivity contribution is 5.93. The van der Waals surface area contributed by atoms with Gasteiger partial charge in [0.2, 0.25) is 0 Å². The van der Waals surface area contributed by atoms with Crippen molar-refractivity contribution in [3.05, 3.63) is 32.6 Å². The molecule has 1 amide bonds. The molecule has 2 unspecified atom stereocenters. The quantitative estimate of drug-likeness (QED) is 0.677. The van der Waals surface area contributed by atoms with E-state index in [0.717, 1.165) is 24.0 Å². The molecule has 1 aliphatic heterocycles. The Morgan fingerprint density at radius 2 is 2.15 bits per heavy atom. The van der Waals surface area contributed by atoms with Crippen molar-refractivity contribution in [1.82, 2.24) is 20.2 Å². The summed E-state index contributed by atoms with van der Waals surface area (Å²) in [5.41, 5.74) is -1.16. The van der Waals surface area contributed by atoms with E-state index in [-0.39, 0.29) is 30.1 Å². The maximum atomic E-state index is 12.1. The standard InChI is InChI=1S/C12H18N4O3.ClH/c1-7-9(4-3-5-13-7)15-10(17)8-6-14-12(19)16(2)11(8)18;/h6-7,9,13H,3-5H2,1-2H3,(H,14,19)(H,15,17);1H. The van der Waals surface area contributed by atoms with Gasteiger partial charge in [-0.2, -0.15) is 0 Å². The molecule has 1 fully saturated rings. The Hall–Kier alpha value is -1.60. The van der Waals surface area contributed by atoms with Gasteiger partial charge in [0, 0.05) is 25.3 Å². The van der Waals surface area contributed by atoms with Crippen LogP contribution in [0.3, 0.4) is 0 Å². The molecule has 2 heterocycles.